The summed E-state index contributed by atoms with van der Waals surface area (Å²) in [6.07, 6.45) is 1.37. The van der Waals surface area contributed by atoms with Gasteiger partial charge in [-0.3, -0.25) is 0 Å². The van der Waals surface area contributed by atoms with Crippen molar-refractivity contribution in [2.45, 2.75) is 26.9 Å². The summed E-state index contributed by atoms with van der Waals surface area (Å²) in [6, 6.07) is 0. The van der Waals surface area contributed by atoms with Crippen molar-refractivity contribution in [3.63, 3.8) is 0 Å². The fraction of sp³-hybridized carbons (Fsp3) is 0.750. The summed E-state index contributed by atoms with van der Waals surface area (Å²) in [4.78, 5) is 0. The molecule has 0 aromatic carbocycles. The first kappa shape index (κ1) is 9.66. The summed E-state index contributed by atoms with van der Waals surface area (Å²) in [5, 5.41) is 18.0. The Labute approximate surface area is 62.2 Å². The van der Waals surface area contributed by atoms with Crippen LogP contribution in [0.2, 0.25) is 0 Å². The fourth-order valence-electron chi connectivity index (χ4n) is 0.719. The third-order valence-electron chi connectivity index (χ3n) is 1.75. The minimum Gasteiger partial charge on any atom is -0.396 e. The van der Waals surface area contributed by atoms with Crippen LogP contribution in [0.3, 0.4) is 0 Å². The van der Waals surface area contributed by atoms with Crippen LogP contribution in [0.1, 0.15) is 20.8 Å². The Balaban J connectivity index is 3.94. The van der Waals surface area contributed by atoms with Crippen molar-refractivity contribution in [2.75, 3.05) is 6.61 Å². The molecule has 0 aromatic heterocycles. The Morgan fingerprint density at radius 2 is 2.10 bits per heavy atom. The van der Waals surface area contributed by atoms with Gasteiger partial charge in [0.15, 0.2) is 0 Å². The van der Waals surface area contributed by atoms with Crippen LogP contribution in [0.5, 0.6) is 0 Å². The van der Waals surface area contributed by atoms with Crippen molar-refractivity contribution in [3.8, 4) is 0 Å². The van der Waals surface area contributed by atoms with E-state index in [4.69, 9.17) is 5.11 Å². The Morgan fingerprint density at radius 3 is 2.40 bits per heavy atom. The van der Waals surface area contributed by atoms with Crippen LogP contribution in [0.4, 0.5) is 0 Å². The number of hydrogen-bond acceptors (Lipinski definition) is 2. The Hall–Kier alpha value is -0.340. The van der Waals surface area contributed by atoms with Crippen LogP contribution < -0.4 is 0 Å². The second kappa shape index (κ2) is 4.47. The summed E-state index contributed by atoms with van der Waals surface area (Å²) < 4.78 is 0. The summed E-state index contributed by atoms with van der Waals surface area (Å²) in [5.74, 6) is -0.0591. The molecule has 0 spiro atoms. The van der Waals surface area contributed by atoms with Gasteiger partial charge in [-0.05, 0) is 19.4 Å². The molecule has 2 atom stereocenters. The monoisotopic (exact) mass is 144 g/mol. The third kappa shape index (κ3) is 2.50. The Kier molecular flexibility index (Phi) is 4.32. The highest BCUT2D eigenvalue weighted by Gasteiger charge is 2.13. The zero-order valence-electron chi connectivity index (χ0n) is 6.83. The molecule has 0 aliphatic carbocycles. The molecule has 2 heteroatoms. The molecule has 2 nitrogen and oxygen atoms in total. The molecule has 60 valence electrons. The molecule has 0 fully saturated rings. The Morgan fingerprint density at radius 1 is 1.60 bits per heavy atom. The molecule has 0 heterocycles. The molecule has 0 aliphatic heterocycles. The Bertz CT molecular complexity index is 118. The van der Waals surface area contributed by atoms with E-state index in [1.165, 1.54) is 0 Å². The van der Waals surface area contributed by atoms with E-state index in [1.54, 1.807) is 0 Å². The lowest BCUT2D eigenvalue weighted by Gasteiger charge is -2.16. The van der Waals surface area contributed by atoms with Crippen molar-refractivity contribution in [3.05, 3.63) is 11.6 Å². The van der Waals surface area contributed by atoms with Crippen LogP contribution in [-0.4, -0.2) is 22.9 Å². The van der Waals surface area contributed by atoms with E-state index in [9.17, 15) is 5.11 Å². The van der Waals surface area contributed by atoms with Crippen molar-refractivity contribution >= 4 is 0 Å². The molecular weight excluding hydrogens is 128 g/mol. The molecular formula is C8H16O2. The van der Waals surface area contributed by atoms with Crippen LogP contribution in [0.25, 0.3) is 0 Å². The van der Waals surface area contributed by atoms with Gasteiger partial charge < -0.3 is 10.2 Å². The van der Waals surface area contributed by atoms with E-state index in [0.29, 0.717) is 0 Å². The topological polar surface area (TPSA) is 40.5 Å². The van der Waals surface area contributed by atoms with Gasteiger partial charge in [-0.2, -0.15) is 0 Å². The molecule has 2 N–H and O–H groups in total. The summed E-state index contributed by atoms with van der Waals surface area (Å²) in [6.45, 7) is 5.59. The first-order valence-corrected chi connectivity index (χ1v) is 3.55. The summed E-state index contributed by atoms with van der Waals surface area (Å²) in [7, 11) is 0. The molecule has 0 rings (SSSR count). The van der Waals surface area contributed by atoms with E-state index in [1.807, 2.05) is 26.8 Å². The van der Waals surface area contributed by atoms with Gasteiger partial charge in [0, 0.05) is 12.5 Å². The highest BCUT2D eigenvalue weighted by Crippen LogP contribution is 2.10. The molecule has 0 saturated carbocycles. The van der Waals surface area contributed by atoms with Gasteiger partial charge in [-0.25, -0.2) is 0 Å². The normalized spacial score (nSPS) is 18.7. The lowest BCUT2D eigenvalue weighted by molar-refractivity contribution is 0.103. The summed E-state index contributed by atoms with van der Waals surface area (Å²) in [5.41, 5.74) is 0.918. The van der Waals surface area contributed by atoms with Gasteiger partial charge in [-0.1, -0.05) is 13.0 Å². The van der Waals surface area contributed by atoms with E-state index in [0.717, 1.165) is 5.57 Å². The molecule has 0 unspecified atom stereocenters. The first-order valence-electron chi connectivity index (χ1n) is 3.55. The molecule has 0 radical (unpaired) electrons. The van der Waals surface area contributed by atoms with E-state index in [-0.39, 0.29) is 12.5 Å². The number of rotatable bonds is 3. The quantitative estimate of drug-likeness (QED) is 0.579. The number of hydrogen-bond donors (Lipinski definition) is 2. The zero-order valence-corrected chi connectivity index (χ0v) is 6.83. The van der Waals surface area contributed by atoms with Crippen LogP contribution >= 0.6 is 0 Å². The van der Waals surface area contributed by atoms with Crippen LogP contribution in [-0.2, 0) is 0 Å². The average Bonchev–Trinajstić information content (AvgIpc) is 2.00. The molecule has 0 aromatic rings. The van der Waals surface area contributed by atoms with Gasteiger partial charge in [0.1, 0.15) is 0 Å². The number of aliphatic hydroxyl groups is 2. The predicted molar refractivity (Wildman–Crippen MR) is 41.7 cm³/mol. The van der Waals surface area contributed by atoms with Crippen LogP contribution in [0, 0.1) is 5.92 Å². The molecule has 0 bridgehead atoms. The standard InChI is InChI=1S/C8H16O2/c1-4-6(2)8(10)7(3)5-9/h4,7-10H,5H2,1-3H3/b6-4-/t7-,8+/m0/s1. The van der Waals surface area contributed by atoms with Crippen LogP contribution in [0.15, 0.2) is 11.6 Å². The lowest BCUT2D eigenvalue weighted by atomic mass is 9.99. The minimum absolute atomic E-state index is 0.0341. The van der Waals surface area contributed by atoms with Gasteiger partial charge in [-0.15, -0.1) is 0 Å². The fourth-order valence-corrected chi connectivity index (χ4v) is 0.719. The number of aliphatic hydroxyl groups excluding tert-OH is 2. The second-order valence-corrected chi connectivity index (χ2v) is 2.64. The van der Waals surface area contributed by atoms with Gasteiger partial charge in [0.05, 0.1) is 6.10 Å². The highest BCUT2D eigenvalue weighted by molar-refractivity contribution is 5.03. The highest BCUT2D eigenvalue weighted by atomic mass is 16.3. The minimum atomic E-state index is -0.491. The third-order valence-corrected chi connectivity index (χ3v) is 1.75. The average molecular weight is 144 g/mol. The van der Waals surface area contributed by atoms with Crippen molar-refractivity contribution in [1.29, 1.82) is 0 Å². The molecule has 0 amide bonds. The second-order valence-electron chi connectivity index (χ2n) is 2.64. The molecule has 0 saturated heterocycles. The number of allylic oxidation sites excluding steroid dienone is 1. The van der Waals surface area contributed by atoms with Gasteiger partial charge in [0.2, 0.25) is 0 Å². The predicted octanol–water partition coefficient (Wildman–Crippen LogP) is 0.942. The SMILES string of the molecule is C/C=C(/C)[C@@H](O)[C@@H](C)CO. The maximum Gasteiger partial charge on any atom is 0.0794 e. The maximum atomic E-state index is 9.36. The van der Waals surface area contributed by atoms with Crippen molar-refractivity contribution < 1.29 is 10.2 Å². The molecule has 0 aliphatic rings. The van der Waals surface area contributed by atoms with Crippen molar-refractivity contribution in [1.82, 2.24) is 0 Å². The van der Waals surface area contributed by atoms with E-state index < -0.39 is 6.10 Å². The lowest BCUT2D eigenvalue weighted by Crippen LogP contribution is -2.21. The van der Waals surface area contributed by atoms with E-state index in [2.05, 4.69) is 0 Å². The van der Waals surface area contributed by atoms with Crippen molar-refractivity contribution in [2.24, 2.45) is 5.92 Å². The van der Waals surface area contributed by atoms with Gasteiger partial charge in [0.25, 0.3) is 0 Å². The summed E-state index contributed by atoms with van der Waals surface area (Å²) >= 11 is 0. The molecule has 10 heavy (non-hydrogen) atoms. The first-order chi connectivity index (χ1) is 4.63. The smallest absolute Gasteiger partial charge is 0.0794 e. The zero-order chi connectivity index (χ0) is 8.15. The van der Waals surface area contributed by atoms with E-state index >= 15 is 0 Å². The maximum absolute atomic E-state index is 9.36. The largest absolute Gasteiger partial charge is 0.396 e. The van der Waals surface area contributed by atoms with Gasteiger partial charge >= 0.3 is 0 Å².